The molecule has 1 aromatic rings. The summed E-state index contributed by atoms with van der Waals surface area (Å²) in [6, 6.07) is 9.81. The number of amides is 1. The van der Waals surface area contributed by atoms with Gasteiger partial charge < -0.3 is 4.74 Å². The van der Waals surface area contributed by atoms with E-state index >= 15 is 0 Å². The Balaban J connectivity index is 1.94. The first-order valence-corrected chi connectivity index (χ1v) is 7.21. The molecular formula is C15H18BrNO2. The Bertz CT molecular complexity index is 470. The maximum atomic E-state index is 12.1. The number of nitrogens with zero attached hydrogens (tertiary/aromatic N) is 1. The monoisotopic (exact) mass is 323 g/mol. The van der Waals surface area contributed by atoms with Crippen molar-refractivity contribution in [3.63, 3.8) is 0 Å². The van der Waals surface area contributed by atoms with Gasteiger partial charge in [-0.25, -0.2) is 4.79 Å². The van der Waals surface area contributed by atoms with Crippen molar-refractivity contribution < 1.29 is 9.53 Å². The minimum Gasteiger partial charge on any atom is -0.445 e. The van der Waals surface area contributed by atoms with E-state index in [0.717, 1.165) is 10.0 Å². The normalized spacial score (nSPS) is 18.6. The summed E-state index contributed by atoms with van der Waals surface area (Å²) in [5.41, 5.74) is 1.00. The molecule has 102 valence electrons. The van der Waals surface area contributed by atoms with Gasteiger partial charge in [0.2, 0.25) is 0 Å². The van der Waals surface area contributed by atoms with Gasteiger partial charge >= 0.3 is 6.09 Å². The van der Waals surface area contributed by atoms with Crippen molar-refractivity contribution in [1.29, 1.82) is 0 Å². The Kier molecular flexibility index (Phi) is 4.64. The summed E-state index contributed by atoms with van der Waals surface area (Å²) >= 11 is 3.52. The van der Waals surface area contributed by atoms with Crippen LogP contribution in [0.1, 0.15) is 19.4 Å². The van der Waals surface area contributed by atoms with Crippen LogP contribution in [0.4, 0.5) is 4.79 Å². The minimum absolute atomic E-state index is 0.0864. The third-order valence-corrected chi connectivity index (χ3v) is 3.97. The first kappa shape index (κ1) is 14.1. The summed E-state index contributed by atoms with van der Waals surface area (Å²) in [6.07, 6.45) is 1.77. The molecule has 1 unspecified atom stereocenters. The average Bonchev–Trinajstić information content (AvgIpc) is 2.79. The van der Waals surface area contributed by atoms with Gasteiger partial charge in [0, 0.05) is 11.0 Å². The van der Waals surface area contributed by atoms with Crippen LogP contribution in [0, 0.1) is 5.92 Å². The third kappa shape index (κ3) is 3.38. The van der Waals surface area contributed by atoms with E-state index in [4.69, 9.17) is 4.74 Å². The van der Waals surface area contributed by atoms with E-state index < -0.39 is 0 Å². The standard InChI is InChI=1S/C15H18BrNO2/c1-11(2)14-13(16)8-9-17(14)15(18)19-10-12-6-4-3-5-7-12/h3-8,11,14H,9-10H2,1-2H3. The van der Waals surface area contributed by atoms with Crippen LogP contribution in [0.25, 0.3) is 0 Å². The molecule has 0 saturated heterocycles. The molecule has 4 heteroatoms. The van der Waals surface area contributed by atoms with Gasteiger partial charge in [-0.2, -0.15) is 0 Å². The Morgan fingerprint density at radius 1 is 1.42 bits per heavy atom. The first-order valence-electron chi connectivity index (χ1n) is 6.42. The first-order chi connectivity index (χ1) is 9.09. The highest BCUT2D eigenvalue weighted by Crippen LogP contribution is 2.29. The number of hydrogen-bond acceptors (Lipinski definition) is 2. The van der Waals surface area contributed by atoms with Crippen LogP contribution in [0.5, 0.6) is 0 Å². The lowest BCUT2D eigenvalue weighted by Crippen LogP contribution is -2.40. The van der Waals surface area contributed by atoms with Crippen molar-refractivity contribution in [2.45, 2.75) is 26.5 Å². The summed E-state index contributed by atoms with van der Waals surface area (Å²) < 4.78 is 6.44. The average molecular weight is 324 g/mol. The van der Waals surface area contributed by atoms with Gasteiger partial charge in [0.15, 0.2) is 0 Å². The van der Waals surface area contributed by atoms with E-state index in [9.17, 15) is 4.79 Å². The van der Waals surface area contributed by atoms with Crippen molar-refractivity contribution >= 4 is 22.0 Å². The number of hydrogen-bond donors (Lipinski definition) is 0. The largest absolute Gasteiger partial charge is 0.445 e. The number of halogens is 1. The van der Waals surface area contributed by atoms with Crippen LogP contribution in [0.3, 0.4) is 0 Å². The molecule has 1 aromatic carbocycles. The van der Waals surface area contributed by atoms with Crippen LogP contribution in [0.15, 0.2) is 40.9 Å². The molecule has 1 atom stereocenters. The number of rotatable bonds is 3. The molecule has 1 aliphatic rings. The highest BCUT2D eigenvalue weighted by atomic mass is 79.9. The quantitative estimate of drug-likeness (QED) is 0.843. The topological polar surface area (TPSA) is 29.5 Å². The Labute approximate surface area is 122 Å². The molecule has 2 rings (SSSR count). The number of carbonyl (C=O) groups is 1. The molecule has 1 heterocycles. The summed E-state index contributed by atoms with van der Waals surface area (Å²) in [7, 11) is 0. The van der Waals surface area contributed by atoms with Crippen LogP contribution in [-0.4, -0.2) is 23.6 Å². The molecule has 0 bridgehead atoms. The fraction of sp³-hybridized carbons (Fsp3) is 0.400. The lowest BCUT2D eigenvalue weighted by Gasteiger charge is -2.28. The van der Waals surface area contributed by atoms with E-state index in [1.807, 2.05) is 36.4 Å². The Hall–Kier alpha value is -1.29. The predicted octanol–water partition coefficient (Wildman–Crippen LogP) is 3.94. The fourth-order valence-electron chi connectivity index (χ4n) is 2.24. The SMILES string of the molecule is CC(C)C1C(Br)=CCN1C(=O)OCc1ccccc1. The number of carbonyl (C=O) groups excluding carboxylic acids is 1. The van der Waals surface area contributed by atoms with Crippen LogP contribution >= 0.6 is 15.9 Å². The Morgan fingerprint density at radius 2 is 2.11 bits per heavy atom. The molecule has 0 spiro atoms. The zero-order chi connectivity index (χ0) is 13.8. The highest BCUT2D eigenvalue weighted by molar-refractivity contribution is 9.11. The van der Waals surface area contributed by atoms with Crippen molar-refractivity contribution in [3.8, 4) is 0 Å². The van der Waals surface area contributed by atoms with Crippen LogP contribution in [-0.2, 0) is 11.3 Å². The van der Waals surface area contributed by atoms with E-state index in [-0.39, 0.29) is 12.1 Å². The summed E-state index contributed by atoms with van der Waals surface area (Å²) in [6.45, 7) is 5.13. The van der Waals surface area contributed by atoms with Crippen molar-refractivity contribution in [2.75, 3.05) is 6.54 Å². The summed E-state index contributed by atoms with van der Waals surface area (Å²) in [5, 5.41) is 0. The van der Waals surface area contributed by atoms with E-state index in [1.165, 1.54) is 0 Å². The molecule has 0 aromatic heterocycles. The molecule has 0 N–H and O–H groups in total. The van der Waals surface area contributed by atoms with Crippen molar-refractivity contribution in [3.05, 3.63) is 46.5 Å². The van der Waals surface area contributed by atoms with Crippen LogP contribution in [0.2, 0.25) is 0 Å². The second-order valence-electron chi connectivity index (χ2n) is 4.97. The third-order valence-electron chi connectivity index (χ3n) is 3.17. The lowest BCUT2D eigenvalue weighted by atomic mass is 10.1. The van der Waals surface area contributed by atoms with Gasteiger partial charge in [-0.05, 0) is 11.5 Å². The molecule has 0 fully saturated rings. The van der Waals surface area contributed by atoms with Gasteiger partial charge in [0.1, 0.15) is 6.61 Å². The smallest absolute Gasteiger partial charge is 0.410 e. The maximum absolute atomic E-state index is 12.1. The van der Waals surface area contributed by atoms with E-state index in [2.05, 4.69) is 29.8 Å². The zero-order valence-corrected chi connectivity index (χ0v) is 12.8. The molecule has 1 amide bonds. The molecular weight excluding hydrogens is 306 g/mol. The molecule has 19 heavy (non-hydrogen) atoms. The van der Waals surface area contributed by atoms with Crippen LogP contribution < -0.4 is 0 Å². The summed E-state index contributed by atoms with van der Waals surface area (Å²) in [5.74, 6) is 0.359. The maximum Gasteiger partial charge on any atom is 0.410 e. The van der Waals surface area contributed by atoms with Gasteiger partial charge in [-0.3, -0.25) is 4.90 Å². The zero-order valence-electron chi connectivity index (χ0n) is 11.2. The summed E-state index contributed by atoms with van der Waals surface area (Å²) in [4.78, 5) is 13.9. The molecule has 0 radical (unpaired) electrons. The second kappa shape index (κ2) is 6.24. The van der Waals surface area contributed by atoms with E-state index in [1.54, 1.807) is 4.90 Å². The second-order valence-corrected chi connectivity index (χ2v) is 5.89. The predicted molar refractivity (Wildman–Crippen MR) is 79.0 cm³/mol. The fourth-order valence-corrected chi connectivity index (χ4v) is 3.16. The molecule has 1 aliphatic heterocycles. The van der Waals surface area contributed by atoms with Gasteiger partial charge in [0.05, 0.1) is 6.04 Å². The minimum atomic E-state index is -0.256. The molecule has 0 saturated carbocycles. The molecule has 3 nitrogen and oxygen atoms in total. The Morgan fingerprint density at radius 3 is 2.74 bits per heavy atom. The number of ether oxygens (including phenoxy) is 1. The highest BCUT2D eigenvalue weighted by Gasteiger charge is 2.33. The molecule has 0 aliphatic carbocycles. The van der Waals surface area contributed by atoms with Gasteiger partial charge in [0.25, 0.3) is 0 Å². The van der Waals surface area contributed by atoms with E-state index in [0.29, 0.717) is 19.1 Å². The number of benzene rings is 1. The van der Waals surface area contributed by atoms with Gasteiger partial charge in [-0.1, -0.05) is 66.2 Å². The lowest BCUT2D eigenvalue weighted by molar-refractivity contribution is 0.0884. The van der Waals surface area contributed by atoms with Crippen molar-refractivity contribution in [1.82, 2.24) is 4.90 Å². The van der Waals surface area contributed by atoms with Gasteiger partial charge in [-0.15, -0.1) is 0 Å². The van der Waals surface area contributed by atoms with Crippen molar-refractivity contribution in [2.24, 2.45) is 5.92 Å².